The van der Waals surface area contributed by atoms with Crippen molar-refractivity contribution < 1.29 is 19.2 Å². The molecule has 0 radical (unpaired) electrons. The van der Waals surface area contributed by atoms with Gasteiger partial charge >= 0.3 is 0 Å². The van der Waals surface area contributed by atoms with Gasteiger partial charge in [-0.2, -0.15) is 20.4 Å². The summed E-state index contributed by atoms with van der Waals surface area (Å²) in [6, 6.07) is 61.4. The molecule has 24 rings (SSSR count). The molecule has 20 aromatic heterocycles. The molecule has 0 aliphatic heterocycles. The molecular weight excluding hydrogens is 1870 g/mol. The first-order chi connectivity index (χ1) is 72.1. The van der Waals surface area contributed by atoms with E-state index in [-0.39, 0.29) is 49.3 Å². The zero-order valence-electron chi connectivity index (χ0n) is 81.0. The molecule has 0 aliphatic rings. The Balaban J connectivity index is 0.000000116. The Hall–Kier alpha value is -20.5. The van der Waals surface area contributed by atoms with Gasteiger partial charge in [0.05, 0.1) is 87.7 Å². The number of anilines is 4. The summed E-state index contributed by atoms with van der Waals surface area (Å²) < 4.78 is 14.4. The molecule has 40 heteroatoms. The lowest BCUT2D eigenvalue weighted by Crippen LogP contribution is -2.16. The van der Waals surface area contributed by atoms with Crippen LogP contribution in [0.5, 0.6) is 0 Å². The van der Waals surface area contributed by atoms with E-state index in [1.807, 2.05) is 287 Å². The highest BCUT2D eigenvalue weighted by molar-refractivity contribution is 5.97. The lowest BCUT2D eigenvalue weighted by Gasteiger charge is -2.06. The number of benzene rings is 4. The van der Waals surface area contributed by atoms with Crippen molar-refractivity contribution >= 4 is 90.5 Å². The molecule has 4 amide bonds. The van der Waals surface area contributed by atoms with E-state index in [0.29, 0.717) is 45.7 Å². The number of aromatic amines is 4. The fourth-order valence-corrected chi connectivity index (χ4v) is 16.9. The van der Waals surface area contributed by atoms with Crippen molar-refractivity contribution in [3.05, 3.63) is 364 Å². The number of pyridine rings is 6. The second kappa shape index (κ2) is 41.4. The summed E-state index contributed by atoms with van der Waals surface area (Å²) in [4.78, 5) is 134. The quantitative estimate of drug-likeness (QED) is 0.0278. The lowest BCUT2D eigenvalue weighted by atomic mass is 10.1. The van der Waals surface area contributed by atoms with Crippen molar-refractivity contribution in [3.63, 3.8) is 0 Å². The number of imidazole rings is 6. The van der Waals surface area contributed by atoms with E-state index in [1.165, 1.54) is 12.7 Å². The topological polar surface area (TPSA) is 477 Å². The van der Waals surface area contributed by atoms with Gasteiger partial charge in [0.2, 0.25) is 23.6 Å². The van der Waals surface area contributed by atoms with E-state index >= 15 is 0 Å². The fraction of sp³-hybridized carbons (Fsp3) is 0.111. The molecule has 0 bridgehead atoms. The second-order valence-corrected chi connectivity index (χ2v) is 35.0. The fourth-order valence-electron chi connectivity index (χ4n) is 16.9. The monoisotopic (exact) mass is 1960 g/mol. The maximum absolute atomic E-state index is 12.7. The largest absolute Gasteiger partial charge is 0.354 e. The van der Waals surface area contributed by atoms with Crippen molar-refractivity contribution in [2.24, 2.45) is 28.2 Å². The van der Waals surface area contributed by atoms with Crippen LogP contribution in [0.15, 0.2) is 319 Å². The van der Waals surface area contributed by atoms with Gasteiger partial charge in [0.1, 0.15) is 72.1 Å². The second-order valence-electron chi connectivity index (χ2n) is 35.0. The molecule has 0 saturated heterocycles. The van der Waals surface area contributed by atoms with Crippen molar-refractivity contribution in [1.29, 1.82) is 0 Å². The van der Waals surface area contributed by atoms with Crippen LogP contribution in [0, 0.1) is 27.7 Å². The van der Waals surface area contributed by atoms with Crippen LogP contribution in [-0.2, 0) is 73.1 Å². The van der Waals surface area contributed by atoms with E-state index in [0.717, 1.165) is 180 Å². The number of carbonyl (C=O) groups excluding carboxylic acids is 4. The molecule has 728 valence electrons. The van der Waals surface area contributed by atoms with Crippen LogP contribution >= 0.6 is 0 Å². The molecule has 4 aromatic carbocycles. The number of nitrogens with one attached hydrogen (secondary N) is 8. The summed E-state index contributed by atoms with van der Waals surface area (Å²) in [7, 11) is 7.34. The molecule has 0 fully saturated rings. The van der Waals surface area contributed by atoms with Crippen molar-refractivity contribution in [2.45, 2.75) is 53.4 Å². The number of amides is 4. The number of hydrogen-bond acceptors (Lipinski definition) is 24. The molecule has 0 saturated carbocycles. The number of hydrogen-bond donors (Lipinski definition) is 8. The maximum atomic E-state index is 12.7. The molecule has 0 spiro atoms. The van der Waals surface area contributed by atoms with E-state index in [4.69, 9.17) is 4.98 Å². The standard InChI is InChI=1S/C28H24N8O.2C27H23N9O.C26H22N10O/c1-18-16-36(17-31-18)28-23-14-25(33-24(23)9-11-30-28)19-5-7-21(8-6-19)32-27(37)13-22-12-26(34-35(22)2)20-4-3-10-29-15-20;1-17-15-36(16-30-17)27-25-22(9-11-29-27)32-26(33-25)18-5-7-20(8-6-18)31-24(37)13-21-12-23(34-35(21)2)19-4-3-10-28-14-19;1-17-14-36(16-31-17)27-22-12-23(33-26(22)29-15-30-27)18-5-7-20(8-6-18)32-25(37)11-21-10-24(34-35(21)2)19-4-3-9-28-13-19;1-16-13-36(15-30-16)26-23-25(28-14-29-26)33-24(32-23)17-5-7-19(8-6-17)31-22(37)11-20-10-21(34-35(20)2)18-4-3-9-27-12-18/h3-12,14-17,33H,13H2,1-2H3,(H,32,37);3-12,14-16H,13H2,1-2H3,(H,31,37)(H,32,33);3-10,12-16H,11H2,1-2H3,(H,32,37)(H,29,30,33);3-10,12-15H,11H2,1-2H3,(H,31,37)(H,28,29,32,33). The lowest BCUT2D eigenvalue weighted by molar-refractivity contribution is -0.116. The van der Waals surface area contributed by atoms with E-state index in [1.54, 1.807) is 106 Å². The molecule has 0 aliphatic carbocycles. The van der Waals surface area contributed by atoms with Crippen molar-refractivity contribution in [1.82, 2.24) is 157 Å². The van der Waals surface area contributed by atoms with Crippen LogP contribution in [0.4, 0.5) is 22.7 Å². The van der Waals surface area contributed by atoms with Gasteiger partial charge in [-0.05, 0) is 209 Å². The molecule has 8 N–H and O–H groups in total. The zero-order chi connectivity index (χ0) is 101. The molecule has 0 atom stereocenters. The Labute approximate surface area is 842 Å². The average molecular weight is 1960 g/mol. The summed E-state index contributed by atoms with van der Waals surface area (Å²) in [5, 5.41) is 31.8. The van der Waals surface area contributed by atoms with Crippen LogP contribution in [0.2, 0.25) is 0 Å². The summed E-state index contributed by atoms with van der Waals surface area (Å²) >= 11 is 0. The van der Waals surface area contributed by atoms with Gasteiger partial charge in [-0.3, -0.25) is 76.1 Å². The third-order valence-corrected chi connectivity index (χ3v) is 24.4. The summed E-state index contributed by atoms with van der Waals surface area (Å²) in [6.07, 6.45) is 35.9. The third kappa shape index (κ3) is 21.1. The van der Waals surface area contributed by atoms with E-state index < -0.39 is 0 Å². The third-order valence-electron chi connectivity index (χ3n) is 24.4. The molecule has 40 nitrogen and oxygen atoms in total. The Bertz CT molecular complexity index is 7880. The van der Waals surface area contributed by atoms with Gasteiger partial charge < -0.3 is 41.2 Å². The van der Waals surface area contributed by atoms with Gasteiger partial charge in [-0.1, -0.05) is 24.3 Å². The zero-order valence-corrected chi connectivity index (χ0v) is 81.0. The number of aryl methyl sites for hydroxylation is 8. The van der Waals surface area contributed by atoms with Gasteiger partial charge in [0.15, 0.2) is 23.1 Å². The average Bonchev–Trinajstić information content (AvgIpc) is 1.64. The minimum Gasteiger partial charge on any atom is -0.354 e. The molecule has 148 heavy (non-hydrogen) atoms. The van der Waals surface area contributed by atoms with Gasteiger partial charge in [-0.25, -0.2) is 59.8 Å². The molecule has 0 unspecified atom stereocenters. The highest BCUT2D eigenvalue weighted by Crippen LogP contribution is 2.34. The minimum atomic E-state index is -0.132. The molecular formula is C108H92N36O4. The van der Waals surface area contributed by atoms with Crippen molar-refractivity contribution in [3.8, 4) is 114 Å². The number of nitrogens with zero attached hydrogens (tertiary/aromatic N) is 28. The number of aromatic nitrogens is 32. The maximum Gasteiger partial charge on any atom is 0.230 e. The Morgan fingerprint density at radius 2 is 0.649 bits per heavy atom. The predicted molar refractivity (Wildman–Crippen MR) is 560 cm³/mol. The summed E-state index contributed by atoms with van der Waals surface area (Å²) in [6.45, 7) is 7.75. The van der Waals surface area contributed by atoms with Crippen LogP contribution < -0.4 is 21.3 Å². The number of carbonyl (C=O) groups is 4. The summed E-state index contributed by atoms with van der Waals surface area (Å²) in [5.74, 6) is 3.88. The Morgan fingerprint density at radius 1 is 0.304 bits per heavy atom. The normalized spacial score (nSPS) is 11.2. The smallest absolute Gasteiger partial charge is 0.230 e. The Kier molecular flexibility index (Phi) is 26.2. The van der Waals surface area contributed by atoms with Crippen LogP contribution in [0.3, 0.4) is 0 Å². The first-order valence-electron chi connectivity index (χ1n) is 46.9. The highest BCUT2D eigenvalue weighted by atomic mass is 16.2. The number of fused-ring (bicyclic) bond motifs is 4. The van der Waals surface area contributed by atoms with E-state index in [9.17, 15) is 19.2 Å². The summed E-state index contributed by atoms with van der Waals surface area (Å²) in [5.41, 5.74) is 26.8. The number of rotatable bonds is 24. The highest BCUT2D eigenvalue weighted by Gasteiger charge is 2.23. The van der Waals surface area contributed by atoms with Gasteiger partial charge in [0, 0.05) is 211 Å². The SMILES string of the molecule is Cc1cn(-c2nccc3[nH]c(-c4ccc(NC(=O)Cc5cc(-c6cccnc6)nn5C)cc4)cc23)cn1.Cc1cn(-c2nccc3[nH]c(-c4ccc(NC(=O)Cc5cc(-c6cccnc6)nn5C)cc4)nc23)cn1.Cc1cn(-c2ncnc3[nH]c(-c4ccc(NC(=O)Cc5cc(-c6cccnc6)nn5C)cc4)cc23)cn1.Cc1cn(-c2ncnc3nc(-c4ccc(NC(=O)Cc5cc(-c6cccnc6)nn5C)cc4)[nH]c23)cn1. The van der Waals surface area contributed by atoms with Crippen LogP contribution in [-0.4, -0.2) is 181 Å². The Morgan fingerprint density at radius 3 is 1.04 bits per heavy atom. The van der Waals surface area contributed by atoms with Gasteiger partial charge in [-0.15, -0.1) is 0 Å². The molecule has 24 aromatic rings. The van der Waals surface area contributed by atoms with Crippen LogP contribution in [0.1, 0.15) is 45.6 Å². The van der Waals surface area contributed by atoms with Gasteiger partial charge in [0.25, 0.3) is 0 Å². The number of H-pyrrole nitrogens is 4. The van der Waals surface area contributed by atoms with Crippen molar-refractivity contribution in [2.75, 3.05) is 21.3 Å². The first-order valence-corrected chi connectivity index (χ1v) is 46.9. The predicted octanol–water partition coefficient (Wildman–Crippen LogP) is 16.4. The van der Waals surface area contributed by atoms with Crippen LogP contribution in [0.25, 0.3) is 158 Å². The van der Waals surface area contributed by atoms with E-state index in [2.05, 4.69) is 142 Å². The first kappa shape index (κ1) is 93.8. The minimum absolute atomic E-state index is 0.106. The molecule has 20 heterocycles.